The monoisotopic (exact) mass is 300 g/mol. The van der Waals surface area contributed by atoms with Gasteiger partial charge in [-0.3, -0.25) is 9.13 Å². The minimum Gasteiger partial charge on any atom is -0.367 e. The lowest BCUT2D eigenvalue weighted by Gasteiger charge is -2.32. The van der Waals surface area contributed by atoms with Gasteiger partial charge in [0.2, 0.25) is 0 Å². The van der Waals surface area contributed by atoms with Gasteiger partial charge in [0, 0.05) is 19.8 Å². The topological polar surface area (TPSA) is 151 Å². The SMILES string of the molecule is CN1CC=CN=C1CC(O)(P(=O)(O)O)P(=O)(O)O. The first-order valence-corrected chi connectivity index (χ1v) is 7.98. The molecule has 0 bridgehead atoms. The van der Waals surface area contributed by atoms with Crippen LogP contribution in [0.5, 0.6) is 0 Å². The Morgan fingerprint density at radius 3 is 2.22 bits per heavy atom. The first-order chi connectivity index (χ1) is 7.99. The zero-order valence-corrected chi connectivity index (χ0v) is 11.2. The molecule has 0 unspecified atom stereocenters. The Bertz CT molecular complexity index is 454. The van der Waals surface area contributed by atoms with Gasteiger partial charge in [0.1, 0.15) is 5.84 Å². The Morgan fingerprint density at radius 1 is 1.33 bits per heavy atom. The first kappa shape index (κ1) is 15.5. The summed E-state index contributed by atoms with van der Waals surface area (Å²) in [4.78, 5) is 41.0. The van der Waals surface area contributed by atoms with Crippen LogP contribution in [0.2, 0.25) is 0 Å². The van der Waals surface area contributed by atoms with E-state index in [2.05, 4.69) is 4.99 Å². The van der Waals surface area contributed by atoms with Crippen LogP contribution in [0.25, 0.3) is 0 Å². The van der Waals surface area contributed by atoms with Crippen LogP contribution in [0, 0.1) is 0 Å². The summed E-state index contributed by atoms with van der Waals surface area (Å²) in [5.74, 6) is -0.0216. The maximum Gasteiger partial charge on any atom is 0.369 e. The van der Waals surface area contributed by atoms with Crippen molar-refractivity contribution in [1.29, 1.82) is 0 Å². The predicted octanol–water partition coefficient (Wildman–Crippen LogP) is -0.764. The third-order valence-electron chi connectivity index (χ3n) is 2.48. The molecule has 1 aliphatic rings. The lowest BCUT2D eigenvalue weighted by molar-refractivity contribution is 0.134. The Hall–Kier alpha value is -0.530. The second-order valence-electron chi connectivity index (χ2n) is 3.85. The molecule has 104 valence electrons. The quantitative estimate of drug-likeness (QED) is 0.425. The van der Waals surface area contributed by atoms with Crippen molar-refractivity contribution in [3.05, 3.63) is 12.3 Å². The van der Waals surface area contributed by atoms with Gasteiger partial charge >= 0.3 is 15.2 Å². The molecule has 0 radical (unpaired) electrons. The average molecular weight is 300 g/mol. The molecule has 18 heavy (non-hydrogen) atoms. The van der Waals surface area contributed by atoms with Crippen molar-refractivity contribution < 1.29 is 33.8 Å². The van der Waals surface area contributed by atoms with E-state index in [1.165, 1.54) is 18.1 Å². The number of amidine groups is 1. The molecule has 0 amide bonds. The van der Waals surface area contributed by atoms with Crippen LogP contribution >= 0.6 is 15.2 Å². The molecule has 0 spiro atoms. The van der Waals surface area contributed by atoms with E-state index in [9.17, 15) is 14.2 Å². The van der Waals surface area contributed by atoms with Crippen molar-refractivity contribution in [2.24, 2.45) is 4.99 Å². The number of aliphatic hydroxyl groups is 1. The Balaban J connectivity index is 3.16. The van der Waals surface area contributed by atoms with Crippen LogP contribution in [0.1, 0.15) is 6.42 Å². The second-order valence-corrected chi connectivity index (χ2v) is 7.86. The van der Waals surface area contributed by atoms with Crippen molar-refractivity contribution in [2.45, 2.75) is 11.5 Å². The van der Waals surface area contributed by atoms with Gasteiger partial charge in [0.05, 0.1) is 6.42 Å². The fraction of sp³-hybridized carbons (Fsp3) is 0.571. The number of aliphatic imine (C=N–C) groups is 1. The van der Waals surface area contributed by atoms with Crippen molar-refractivity contribution >= 4 is 21.0 Å². The summed E-state index contributed by atoms with van der Waals surface area (Å²) in [6, 6.07) is 0. The molecule has 0 aromatic carbocycles. The van der Waals surface area contributed by atoms with Crippen molar-refractivity contribution in [3.8, 4) is 0 Å². The van der Waals surface area contributed by atoms with Crippen molar-refractivity contribution in [1.82, 2.24) is 4.90 Å². The summed E-state index contributed by atoms with van der Waals surface area (Å²) in [5, 5.41) is 6.24. The molecule has 0 aromatic heterocycles. The van der Waals surface area contributed by atoms with Gasteiger partial charge in [-0.25, -0.2) is 4.99 Å². The van der Waals surface area contributed by atoms with Gasteiger partial charge in [-0.2, -0.15) is 0 Å². The Kier molecular flexibility index (Phi) is 4.19. The first-order valence-electron chi connectivity index (χ1n) is 4.75. The molecular weight excluding hydrogens is 286 g/mol. The van der Waals surface area contributed by atoms with E-state index in [1.54, 1.807) is 6.08 Å². The lowest BCUT2D eigenvalue weighted by Crippen LogP contribution is -2.38. The van der Waals surface area contributed by atoms with Crippen LogP contribution in [0.3, 0.4) is 0 Å². The van der Waals surface area contributed by atoms with Gasteiger partial charge in [0.15, 0.2) is 0 Å². The molecule has 9 nitrogen and oxygen atoms in total. The number of hydrogen-bond donors (Lipinski definition) is 5. The third kappa shape index (κ3) is 2.89. The van der Waals surface area contributed by atoms with E-state index in [4.69, 9.17) is 19.6 Å². The Morgan fingerprint density at radius 2 is 1.83 bits per heavy atom. The minimum atomic E-state index is -5.44. The van der Waals surface area contributed by atoms with Gasteiger partial charge in [-0.1, -0.05) is 0 Å². The smallest absolute Gasteiger partial charge is 0.367 e. The van der Waals surface area contributed by atoms with E-state index in [-0.39, 0.29) is 5.84 Å². The van der Waals surface area contributed by atoms with E-state index in [0.29, 0.717) is 6.54 Å². The molecule has 0 atom stereocenters. The zero-order chi connectivity index (χ0) is 14.2. The number of nitrogens with zero attached hydrogens (tertiary/aromatic N) is 2. The van der Waals surface area contributed by atoms with Gasteiger partial charge < -0.3 is 29.6 Å². The molecule has 11 heteroatoms. The van der Waals surface area contributed by atoms with E-state index >= 15 is 0 Å². The molecule has 0 saturated heterocycles. The molecular formula is C7H14N2O7P2. The predicted molar refractivity (Wildman–Crippen MR) is 62.9 cm³/mol. The summed E-state index contributed by atoms with van der Waals surface area (Å²) in [6.45, 7) is 0.358. The van der Waals surface area contributed by atoms with Crippen LogP contribution in [-0.4, -0.2) is 54.1 Å². The van der Waals surface area contributed by atoms with Gasteiger partial charge in [0.25, 0.3) is 5.08 Å². The standard InChI is InChI=1S/C7H14N2O7P2/c1-9-4-2-3-8-6(9)5-7(10,17(11,12)13)18(14,15)16/h2-3,10H,4-5H2,1H3,(H2,11,12,13)(H2,14,15,16). The largest absolute Gasteiger partial charge is 0.369 e. The fourth-order valence-electron chi connectivity index (χ4n) is 1.32. The normalized spacial score (nSPS) is 17.9. The minimum absolute atomic E-state index is 0.0216. The third-order valence-corrected chi connectivity index (χ3v) is 6.22. The maximum absolute atomic E-state index is 11.1. The number of rotatable bonds is 4. The molecule has 1 rings (SSSR count). The summed E-state index contributed by atoms with van der Waals surface area (Å²) in [5.41, 5.74) is 0. The van der Waals surface area contributed by atoms with E-state index in [1.807, 2.05) is 0 Å². The molecule has 1 aliphatic heterocycles. The molecule has 0 fully saturated rings. The lowest BCUT2D eigenvalue weighted by atomic mass is 10.3. The van der Waals surface area contributed by atoms with Crippen LogP contribution in [0.4, 0.5) is 0 Å². The van der Waals surface area contributed by atoms with Crippen molar-refractivity contribution in [2.75, 3.05) is 13.6 Å². The summed E-state index contributed by atoms with van der Waals surface area (Å²) in [7, 11) is -9.37. The second kappa shape index (κ2) is 4.86. The fourth-order valence-corrected chi connectivity index (χ4v) is 3.37. The summed E-state index contributed by atoms with van der Waals surface area (Å²) >= 11 is 0. The summed E-state index contributed by atoms with van der Waals surface area (Å²) < 4.78 is 22.3. The van der Waals surface area contributed by atoms with Crippen LogP contribution in [0.15, 0.2) is 17.3 Å². The number of hydrogen-bond acceptors (Lipinski definition) is 5. The highest BCUT2D eigenvalue weighted by molar-refractivity contribution is 7.72. The molecule has 0 aliphatic carbocycles. The van der Waals surface area contributed by atoms with Gasteiger partial charge in [-0.15, -0.1) is 0 Å². The zero-order valence-electron chi connectivity index (χ0n) is 9.41. The molecule has 0 saturated carbocycles. The summed E-state index contributed by atoms with van der Waals surface area (Å²) in [6.07, 6.45) is 2.02. The van der Waals surface area contributed by atoms with E-state index in [0.717, 1.165) is 0 Å². The maximum atomic E-state index is 11.1. The van der Waals surface area contributed by atoms with Crippen LogP contribution < -0.4 is 0 Å². The highest BCUT2D eigenvalue weighted by Gasteiger charge is 2.60. The molecule has 1 heterocycles. The van der Waals surface area contributed by atoms with Gasteiger partial charge in [-0.05, 0) is 6.08 Å². The number of likely N-dealkylation sites (N-methyl/N-ethyl adjacent to an activating group) is 1. The highest BCUT2D eigenvalue weighted by Crippen LogP contribution is 2.69. The van der Waals surface area contributed by atoms with E-state index < -0.39 is 26.7 Å². The Labute approximate surface area is 103 Å². The molecule has 0 aromatic rings. The molecule has 5 N–H and O–H groups in total. The average Bonchev–Trinajstić information content (AvgIpc) is 2.18. The van der Waals surface area contributed by atoms with Crippen LogP contribution in [-0.2, 0) is 9.13 Å². The van der Waals surface area contributed by atoms with Crippen molar-refractivity contribution in [3.63, 3.8) is 0 Å². The highest BCUT2D eigenvalue weighted by atomic mass is 31.2.